The van der Waals surface area contributed by atoms with E-state index < -0.39 is 0 Å². The van der Waals surface area contributed by atoms with Crippen LogP contribution < -0.4 is 10.6 Å². The van der Waals surface area contributed by atoms with Crippen LogP contribution in [0.25, 0.3) is 0 Å². The lowest BCUT2D eigenvalue weighted by atomic mass is 10.2. The monoisotopic (exact) mass is 248 g/mol. The van der Waals surface area contributed by atoms with Crippen LogP contribution in [0.3, 0.4) is 0 Å². The Hall–Kier alpha value is -1.69. The van der Waals surface area contributed by atoms with Gasteiger partial charge in [0.15, 0.2) is 5.82 Å². The highest BCUT2D eigenvalue weighted by Gasteiger charge is 2.24. The predicted octanol–water partition coefficient (Wildman–Crippen LogP) is 0.291. The number of nitrogens with zero attached hydrogens (tertiary/aromatic N) is 4. The molecule has 0 aliphatic carbocycles. The van der Waals surface area contributed by atoms with Crippen LogP contribution in [0.15, 0.2) is 12.4 Å². The van der Waals surface area contributed by atoms with E-state index in [0.29, 0.717) is 11.7 Å². The van der Waals surface area contributed by atoms with Crippen molar-refractivity contribution in [3.8, 4) is 0 Å². The minimum atomic E-state index is -0.0251. The van der Waals surface area contributed by atoms with Gasteiger partial charge in [0.2, 0.25) is 0 Å². The number of hydrogen-bond donors (Lipinski definition) is 2. The number of nitrogens with one attached hydrogen (secondary N) is 1. The molecule has 0 amide bonds. The highest BCUT2D eigenvalue weighted by Crippen LogP contribution is 2.20. The Balaban J connectivity index is 2.32. The first kappa shape index (κ1) is 12.8. The van der Waals surface area contributed by atoms with Crippen molar-refractivity contribution in [2.75, 3.05) is 31.6 Å². The Labute approximate surface area is 107 Å². The molecule has 1 aromatic rings. The molecule has 18 heavy (non-hydrogen) atoms. The second kappa shape index (κ2) is 5.30. The third-order valence-electron chi connectivity index (χ3n) is 3.25. The Kier molecular flexibility index (Phi) is 3.76. The van der Waals surface area contributed by atoms with E-state index in [2.05, 4.69) is 33.7 Å². The normalized spacial score (nSPS) is 21.7. The standard InChI is InChI=1S/C12H20N6/c1-9-8-17(2)6-3-7-18(9)12-10(11(13)14)15-4-5-16-12/h4-5,9H,3,6-8H2,1-2H3,(H3,13,14). The minimum Gasteiger partial charge on any atom is -0.382 e. The molecule has 6 heteroatoms. The molecule has 0 radical (unpaired) electrons. The first-order valence-corrected chi connectivity index (χ1v) is 6.20. The molecule has 0 spiro atoms. The van der Waals surface area contributed by atoms with Gasteiger partial charge in [-0.3, -0.25) is 5.41 Å². The summed E-state index contributed by atoms with van der Waals surface area (Å²) in [5.74, 6) is 0.704. The molecule has 98 valence electrons. The van der Waals surface area contributed by atoms with E-state index in [0.717, 1.165) is 31.9 Å². The molecule has 0 saturated carbocycles. The molecular formula is C12H20N6. The van der Waals surface area contributed by atoms with Crippen molar-refractivity contribution in [1.29, 1.82) is 5.41 Å². The first-order chi connectivity index (χ1) is 8.59. The van der Waals surface area contributed by atoms with Gasteiger partial charge in [-0.25, -0.2) is 9.97 Å². The van der Waals surface area contributed by atoms with Gasteiger partial charge in [0.25, 0.3) is 0 Å². The maximum atomic E-state index is 7.59. The fraction of sp³-hybridized carbons (Fsp3) is 0.583. The van der Waals surface area contributed by atoms with Gasteiger partial charge in [-0.2, -0.15) is 0 Å². The SMILES string of the molecule is CC1CN(C)CCCN1c1nccnc1C(=N)N. The molecule has 1 aliphatic heterocycles. The average molecular weight is 248 g/mol. The van der Waals surface area contributed by atoms with E-state index in [1.165, 1.54) is 0 Å². The van der Waals surface area contributed by atoms with Crippen molar-refractivity contribution in [3.63, 3.8) is 0 Å². The number of anilines is 1. The van der Waals surface area contributed by atoms with Crippen molar-refractivity contribution in [1.82, 2.24) is 14.9 Å². The van der Waals surface area contributed by atoms with E-state index in [9.17, 15) is 0 Å². The van der Waals surface area contributed by atoms with Crippen LogP contribution in [0, 0.1) is 5.41 Å². The van der Waals surface area contributed by atoms with E-state index >= 15 is 0 Å². The van der Waals surface area contributed by atoms with Crippen LogP contribution >= 0.6 is 0 Å². The van der Waals surface area contributed by atoms with Gasteiger partial charge in [0, 0.05) is 31.5 Å². The predicted molar refractivity (Wildman–Crippen MR) is 72.0 cm³/mol. The molecule has 1 saturated heterocycles. The average Bonchev–Trinajstić information content (AvgIpc) is 2.50. The van der Waals surface area contributed by atoms with Crippen LogP contribution in [-0.2, 0) is 0 Å². The molecule has 1 aliphatic rings. The second-order valence-electron chi connectivity index (χ2n) is 4.80. The van der Waals surface area contributed by atoms with Crippen molar-refractivity contribution >= 4 is 11.7 Å². The van der Waals surface area contributed by atoms with Crippen molar-refractivity contribution < 1.29 is 0 Å². The fourth-order valence-corrected chi connectivity index (χ4v) is 2.42. The number of likely N-dealkylation sites (N-methyl/N-ethyl adjacent to an activating group) is 1. The van der Waals surface area contributed by atoms with Gasteiger partial charge in [-0.15, -0.1) is 0 Å². The molecule has 2 rings (SSSR count). The molecule has 1 aromatic heterocycles. The van der Waals surface area contributed by atoms with Gasteiger partial charge in [0.1, 0.15) is 11.5 Å². The summed E-state index contributed by atoms with van der Waals surface area (Å²) in [5.41, 5.74) is 6.06. The molecule has 0 bridgehead atoms. The number of aromatic nitrogens is 2. The van der Waals surface area contributed by atoms with Crippen LogP contribution in [-0.4, -0.2) is 53.4 Å². The number of rotatable bonds is 2. The largest absolute Gasteiger partial charge is 0.382 e. The highest BCUT2D eigenvalue weighted by atomic mass is 15.3. The van der Waals surface area contributed by atoms with E-state index in [1.54, 1.807) is 12.4 Å². The van der Waals surface area contributed by atoms with Gasteiger partial charge in [-0.05, 0) is 26.9 Å². The van der Waals surface area contributed by atoms with Crippen molar-refractivity contribution in [2.45, 2.75) is 19.4 Å². The van der Waals surface area contributed by atoms with Crippen molar-refractivity contribution in [3.05, 3.63) is 18.1 Å². The minimum absolute atomic E-state index is 0.0251. The lowest BCUT2D eigenvalue weighted by molar-refractivity contribution is 0.337. The molecule has 1 fully saturated rings. The second-order valence-corrected chi connectivity index (χ2v) is 4.80. The first-order valence-electron chi connectivity index (χ1n) is 6.20. The fourth-order valence-electron chi connectivity index (χ4n) is 2.42. The maximum absolute atomic E-state index is 7.59. The lowest BCUT2D eigenvalue weighted by Gasteiger charge is -2.29. The molecule has 1 atom stereocenters. The number of amidine groups is 1. The molecule has 6 nitrogen and oxygen atoms in total. The third kappa shape index (κ3) is 2.59. The van der Waals surface area contributed by atoms with Crippen LogP contribution in [0.4, 0.5) is 5.82 Å². The maximum Gasteiger partial charge on any atom is 0.158 e. The summed E-state index contributed by atoms with van der Waals surface area (Å²) >= 11 is 0. The Morgan fingerprint density at radius 1 is 1.39 bits per heavy atom. The van der Waals surface area contributed by atoms with E-state index in [4.69, 9.17) is 11.1 Å². The molecule has 2 heterocycles. The van der Waals surface area contributed by atoms with E-state index in [-0.39, 0.29) is 5.84 Å². The lowest BCUT2D eigenvalue weighted by Crippen LogP contribution is -2.39. The zero-order valence-corrected chi connectivity index (χ0v) is 10.9. The topological polar surface area (TPSA) is 82.1 Å². The Bertz CT molecular complexity index is 432. The van der Waals surface area contributed by atoms with Crippen LogP contribution in [0.5, 0.6) is 0 Å². The van der Waals surface area contributed by atoms with Gasteiger partial charge in [0.05, 0.1) is 0 Å². The molecule has 3 N–H and O–H groups in total. The Morgan fingerprint density at radius 3 is 2.83 bits per heavy atom. The van der Waals surface area contributed by atoms with Crippen molar-refractivity contribution in [2.24, 2.45) is 5.73 Å². The Morgan fingerprint density at radius 2 is 2.11 bits per heavy atom. The summed E-state index contributed by atoms with van der Waals surface area (Å²) < 4.78 is 0. The number of hydrogen-bond acceptors (Lipinski definition) is 5. The summed E-state index contributed by atoms with van der Waals surface area (Å²) in [6.45, 7) is 5.15. The molecular weight excluding hydrogens is 228 g/mol. The zero-order chi connectivity index (χ0) is 13.1. The highest BCUT2D eigenvalue weighted by molar-refractivity contribution is 5.97. The molecule has 0 aromatic carbocycles. The zero-order valence-electron chi connectivity index (χ0n) is 10.9. The summed E-state index contributed by atoms with van der Waals surface area (Å²) in [6.07, 6.45) is 4.31. The van der Waals surface area contributed by atoms with Gasteiger partial charge in [-0.1, -0.05) is 0 Å². The smallest absolute Gasteiger partial charge is 0.158 e. The molecule has 1 unspecified atom stereocenters. The summed E-state index contributed by atoms with van der Waals surface area (Å²) in [7, 11) is 2.13. The number of nitrogens with two attached hydrogens (primary N) is 1. The van der Waals surface area contributed by atoms with Gasteiger partial charge >= 0.3 is 0 Å². The quantitative estimate of drug-likeness (QED) is 0.581. The third-order valence-corrected chi connectivity index (χ3v) is 3.25. The summed E-state index contributed by atoms with van der Waals surface area (Å²) in [4.78, 5) is 13.1. The summed E-state index contributed by atoms with van der Waals surface area (Å²) in [5, 5.41) is 7.59. The number of nitrogen functional groups attached to an aromatic ring is 1. The van der Waals surface area contributed by atoms with Crippen LogP contribution in [0.2, 0.25) is 0 Å². The van der Waals surface area contributed by atoms with Crippen LogP contribution in [0.1, 0.15) is 19.0 Å². The van der Waals surface area contributed by atoms with E-state index in [1.807, 2.05) is 0 Å². The summed E-state index contributed by atoms with van der Waals surface area (Å²) in [6, 6.07) is 0.340. The van der Waals surface area contributed by atoms with Gasteiger partial charge < -0.3 is 15.5 Å².